The Bertz CT molecular complexity index is 1320. The van der Waals surface area contributed by atoms with Gasteiger partial charge >= 0.3 is 6.09 Å². The number of carbonyl (C=O) groups excluding carboxylic acids is 5. The Morgan fingerprint density at radius 3 is 2.36 bits per heavy atom. The van der Waals surface area contributed by atoms with E-state index in [9.17, 15) is 34.1 Å². The molecule has 0 saturated carbocycles. The minimum Gasteiger partial charge on any atom is -0.444 e. The maximum Gasteiger partial charge on any atom is 0.408 e. The third-order valence-corrected chi connectivity index (χ3v) is 5.51. The van der Waals surface area contributed by atoms with Gasteiger partial charge in [0.05, 0.1) is 16.1 Å². The van der Waals surface area contributed by atoms with Crippen LogP contribution in [-0.4, -0.2) is 58.2 Å². The lowest BCUT2D eigenvalue weighted by Gasteiger charge is -2.19. The second-order valence-corrected chi connectivity index (χ2v) is 9.69. The topological polar surface area (TPSA) is 177 Å². The van der Waals surface area contributed by atoms with E-state index in [0.717, 1.165) is 11.0 Å². The van der Waals surface area contributed by atoms with Crippen LogP contribution in [-0.2, 0) is 20.9 Å². The summed E-state index contributed by atoms with van der Waals surface area (Å²) in [6.07, 6.45) is -0.546. The van der Waals surface area contributed by atoms with Crippen molar-refractivity contribution in [1.82, 2.24) is 15.5 Å². The molecule has 13 nitrogen and oxygen atoms in total. The molecule has 13 heteroatoms. The molecule has 0 aromatic heterocycles. The van der Waals surface area contributed by atoms with Crippen LogP contribution < -0.4 is 16.0 Å². The van der Waals surface area contributed by atoms with E-state index in [-0.39, 0.29) is 55.2 Å². The first-order valence-corrected chi connectivity index (χ1v) is 12.1. The fourth-order valence-electron chi connectivity index (χ4n) is 3.73. The van der Waals surface area contributed by atoms with Crippen molar-refractivity contribution in [1.29, 1.82) is 0 Å². The van der Waals surface area contributed by atoms with Crippen molar-refractivity contribution >= 4 is 41.1 Å². The molecule has 0 unspecified atom stereocenters. The molecule has 0 saturated heterocycles. The minimum absolute atomic E-state index is 0.00590. The summed E-state index contributed by atoms with van der Waals surface area (Å²) >= 11 is 0. The number of nitro benzene ring substituents is 1. The van der Waals surface area contributed by atoms with E-state index in [4.69, 9.17) is 4.74 Å². The molecule has 3 N–H and O–H groups in total. The van der Waals surface area contributed by atoms with Crippen LogP contribution in [0.3, 0.4) is 0 Å². The summed E-state index contributed by atoms with van der Waals surface area (Å²) in [4.78, 5) is 72.8. The van der Waals surface area contributed by atoms with Crippen molar-refractivity contribution in [3.05, 3.63) is 69.3 Å². The number of anilines is 1. The number of rotatable bonds is 10. The molecule has 0 atom stereocenters. The Hall–Kier alpha value is -4.81. The van der Waals surface area contributed by atoms with Gasteiger partial charge in [0, 0.05) is 37.3 Å². The lowest BCUT2D eigenvalue weighted by atomic mass is 10.1. The number of non-ortho nitro benzene ring substituents is 1. The molecular weight excluding hydrogens is 510 g/mol. The van der Waals surface area contributed by atoms with Gasteiger partial charge in [-0.1, -0.05) is 18.2 Å². The molecule has 0 aliphatic carbocycles. The van der Waals surface area contributed by atoms with Crippen LogP contribution in [0, 0.1) is 10.1 Å². The average Bonchev–Trinajstić information content (AvgIpc) is 3.10. The summed E-state index contributed by atoms with van der Waals surface area (Å²) in [5.41, 5.74) is 0.175. The Balaban J connectivity index is 1.47. The van der Waals surface area contributed by atoms with Gasteiger partial charge in [0.15, 0.2) is 0 Å². The molecule has 0 radical (unpaired) electrons. The van der Waals surface area contributed by atoms with E-state index in [1.807, 2.05) is 0 Å². The third-order valence-electron chi connectivity index (χ3n) is 5.51. The van der Waals surface area contributed by atoms with Crippen LogP contribution in [0.2, 0.25) is 0 Å². The first kappa shape index (κ1) is 28.8. The lowest BCUT2D eigenvalue weighted by Crippen LogP contribution is -2.39. The standard InChI is InChI=1S/C26H29N5O8/c1-26(2,3)39-25(36)28-15-22(33)27-14-16-7-4-5-8-20(16)29-21(32)9-6-12-30-23(34)18-11-10-17(31(37)38)13-19(18)24(30)35/h4-5,7-8,10-11,13H,6,9,12,14-15H2,1-3H3,(H,27,33)(H,28,36)(H,29,32). The second-order valence-electron chi connectivity index (χ2n) is 9.69. The lowest BCUT2D eigenvalue weighted by molar-refractivity contribution is -0.384. The number of fused-ring (bicyclic) bond motifs is 1. The molecule has 1 aliphatic heterocycles. The first-order chi connectivity index (χ1) is 18.4. The zero-order chi connectivity index (χ0) is 28.7. The third kappa shape index (κ3) is 7.84. The fraction of sp³-hybridized carbons (Fsp3) is 0.346. The number of ether oxygens (including phenoxy) is 1. The highest BCUT2D eigenvalue weighted by atomic mass is 16.6. The SMILES string of the molecule is CC(C)(C)OC(=O)NCC(=O)NCc1ccccc1NC(=O)CCCN1C(=O)c2ccc([N+](=O)[O-])cc2C1=O. The number of nitrogens with one attached hydrogen (secondary N) is 3. The first-order valence-electron chi connectivity index (χ1n) is 12.1. The van der Waals surface area contributed by atoms with Gasteiger partial charge in [-0.25, -0.2) is 4.79 Å². The van der Waals surface area contributed by atoms with Gasteiger partial charge in [0.1, 0.15) is 12.1 Å². The summed E-state index contributed by atoms with van der Waals surface area (Å²) in [5, 5.41) is 18.7. The van der Waals surface area contributed by atoms with Gasteiger partial charge in [0.25, 0.3) is 17.5 Å². The smallest absolute Gasteiger partial charge is 0.408 e. The van der Waals surface area contributed by atoms with Gasteiger partial charge in [-0.3, -0.25) is 34.2 Å². The number of amides is 5. The average molecular weight is 540 g/mol. The molecule has 206 valence electrons. The molecule has 39 heavy (non-hydrogen) atoms. The van der Waals surface area contributed by atoms with Gasteiger partial charge in [-0.05, 0) is 44.9 Å². The maximum atomic E-state index is 12.6. The molecule has 2 aromatic rings. The van der Waals surface area contributed by atoms with Crippen molar-refractivity contribution < 1.29 is 33.6 Å². The molecular formula is C26H29N5O8. The number of nitrogens with zero attached hydrogens (tertiary/aromatic N) is 2. The highest BCUT2D eigenvalue weighted by Crippen LogP contribution is 2.27. The zero-order valence-corrected chi connectivity index (χ0v) is 21.7. The Labute approximate surface area is 224 Å². The van der Waals surface area contributed by atoms with E-state index in [1.165, 1.54) is 12.1 Å². The van der Waals surface area contributed by atoms with Crippen molar-refractivity contribution in [2.24, 2.45) is 0 Å². The van der Waals surface area contributed by atoms with E-state index in [2.05, 4.69) is 16.0 Å². The summed E-state index contributed by atoms with van der Waals surface area (Å²) < 4.78 is 5.08. The maximum absolute atomic E-state index is 12.6. The fourth-order valence-corrected chi connectivity index (χ4v) is 3.73. The number of benzene rings is 2. The van der Waals surface area contributed by atoms with Crippen LogP contribution in [0.15, 0.2) is 42.5 Å². The van der Waals surface area contributed by atoms with Gasteiger partial charge in [0.2, 0.25) is 11.8 Å². The molecule has 0 fully saturated rings. The molecule has 2 aromatic carbocycles. The summed E-state index contributed by atoms with van der Waals surface area (Å²) in [5.74, 6) is -2.02. The van der Waals surface area contributed by atoms with Crippen molar-refractivity contribution in [3.63, 3.8) is 0 Å². The number of para-hydroxylation sites is 1. The highest BCUT2D eigenvalue weighted by molar-refractivity contribution is 6.21. The van der Waals surface area contributed by atoms with Crippen LogP contribution in [0.1, 0.15) is 59.9 Å². The van der Waals surface area contributed by atoms with E-state index >= 15 is 0 Å². The largest absolute Gasteiger partial charge is 0.444 e. The van der Waals surface area contributed by atoms with E-state index < -0.39 is 34.3 Å². The molecule has 5 amide bonds. The van der Waals surface area contributed by atoms with Crippen LogP contribution in [0.4, 0.5) is 16.2 Å². The van der Waals surface area contributed by atoms with Gasteiger partial charge in [-0.15, -0.1) is 0 Å². The number of hydrogen-bond donors (Lipinski definition) is 3. The zero-order valence-electron chi connectivity index (χ0n) is 21.7. The molecule has 1 heterocycles. The Morgan fingerprint density at radius 1 is 0.974 bits per heavy atom. The predicted molar refractivity (Wildman–Crippen MR) is 139 cm³/mol. The van der Waals surface area contributed by atoms with E-state index in [1.54, 1.807) is 45.0 Å². The summed E-state index contributed by atoms with van der Waals surface area (Å²) in [7, 11) is 0. The van der Waals surface area contributed by atoms with Crippen molar-refractivity contribution in [2.45, 2.75) is 45.8 Å². The molecule has 0 bridgehead atoms. The normalized spacial score (nSPS) is 12.5. The molecule has 3 rings (SSSR count). The Morgan fingerprint density at radius 2 is 1.67 bits per heavy atom. The second kappa shape index (κ2) is 12.2. The minimum atomic E-state index is -0.715. The summed E-state index contributed by atoms with van der Waals surface area (Å²) in [6.45, 7) is 4.89. The Kier molecular flexibility index (Phi) is 8.96. The van der Waals surface area contributed by atoms with Gasteiger partial charge < -0.3 is 20.7 Å². The van der Waals surface area contributed by atoms with Crippen LogP contribution in [0.25, 0.3) is 0 Å². The molecule has 1 aliphatic rings. The quantitative estimate of drug-likeness (QED) is 0.234. The number of nitro groups is 1. The number of hydrogen-bond acceptors (Lipinski definition) is 8. The van der Waals surface area contributed by atoms with E-state index in [0.29, 0.717) is 11.3 Å². The van der Waals surface area contributed by atoms with Crippen molar-refractivity contribution in [2.75, 3.05) is 18.4 Å². The van der Waals surface area contributed by atoms with Crippen molar-refractivity contribution in [3.8, 4) is 0 Å². The number of carbonyl (C=O) groups is 5. The highest BCUT2D eigenvalue weighted by Gasteiger charge is 2.36. The predicted octanol–water partition coefficient (Wildman–Crippen LogP) is 2.75. The van der Waals surface area contributed by atoms with Crippen LogP contribution in [0.5, 0.6) is 0 Å². The monoisotopic (exact) mass is 539 g/mol. The number of imide groups is 1. The van der Waals surface area contributed by atoms with Crippen LogP contribution >= 0.6 is 0 Å². The van der Waals surface area contributed by atoms with Gasteiger partial charge in [-0.2, -0.15) is 0 Å². The summed E-state index contributed by atoms with van der Waals surface area (Å²) in [6, 6.07) is 10.3. The number of alkyl carbamates (subject to hydrolysis) is 1. The molecule has 0 spiro atoms.